The second-order valence-electron chi connectivity index (χ2n) is 3.45. The molecule has 6 heteroatoms. The Morgan fingerprint density at radius 2 is 1.61 bits per heavy atom. The first-order valence-corrected chi connectivity index (χ1v) is 5.29. The first-order chi connectivity index (χ1) is 8.95. The molecule has 0 aliphatic heterocycles. The average molecular weight is 236 g/mol. The zero-order valence-corrected chi connectivity index (χ0v) is 9.30. The van der Waals surface area contributed by atoms with E-state index in [0.717, 1.165) is 5.56 Å². The molecule has 0 atom stereocenters. The Morgan fingerprint density at radius 3 is 2.39 bits per heavy atom. The second kappa shape index (κ2) is 4.62. The molecule has 3 aromatic heterocycles. The maximum atomic E-state index is 4.24. The highest BCUT2D eigenvalue weighted by Gasteiger charge is 2.11. The molecule has 0 bridgehead atoms. The minimum absolute atomic E-state index is 0.542. The van der Waals surface area contributed by atoms with Crippen LogP contribution in [-0.4, -0.2) is 29.9 Å². The molecule has 0 fully saturated rings. The summed E-state index contributed by atoms with van der Waals surface area (Å²) in [5.74, 6) is 0.542. The smallest absolute Gasteiger partial charge is 0.178 e. The summed E-state index contributed by atoms with van der Waals surface area (Å²) in [7, 11) is 0. The van der Waals surface area contributed by atoms with Gasteiger partial charge in [0, 0.05) is 36.5 Å². The van der Waals surface area contributed by atoms with Crippen LogP contribution in [0.4, 0.5) is 0 Å². The van der Waals surface area contributed by atoms with Crippen LogP contribution >= 0.6 is 0 Å². The van der Waals surface area contributed by atoms with Crippen molar-refractivity contribution in [1.82, 2.24) is 29.9 Å². The molecule has 3 rings (SSSR count). The molecule has 0 amide bonds. The fraction of sp³-hybridized carbons (Fsp3) is 0. The van der Waals surface area contributed by atoms with Gasteiger partial charge in [-0.1, -0.05) is 0 Å². The van der Waals surface area contributed by atoms with Crippen LogP contribution in [0, 0.1) is 0 Å². The van der Waals surface area contributed by atoms with Crippen LogP contribution in [0.25, 0.3) is 22.8 Å². The highest BCUT2D eigenvalue weighted by atomic mass is 14.9. The lowest BCUT2D eigenvalue weighted by Gasteiger charge is -2.04. The third-order valence-corrected chi connectivity index (χ3v) is 2.33. The molecule has 0 saturated heterocycles. The monoisotopic (exact) mass is 236 g/mol. The number of nitrogens with zero attached hydrogens (tertiary/aromatic N) is 6. The molecule has 0 aliphatic rings. The highest BCUT2D eigenvalue weighted by molar-refractivity contribution is 5.73. The van der Waals surface area contributed by atoms with Crippen molar-refractivity contribution < 1.29 is 0 Å². The van der Waals surface area contributed by atoms with Gasteiger partial charge in [-0.15, -0.1) is 0 Å². The summed E-state index contributed by atoms with van der Waals surface area (Å²) in [5, 5.41) is 0. The minimum atomic E-state index is 0.542. The van der Waals surface area contributed by atoms with Gasteiger partial charge in [-0.2, -0.15) is 0 Å². The van der Waals surface area contributed by atoms with Gasteiger partial charge < -0.3 is 0 Å². The van der Waals surface area contributed by atoms with Crippen molar-refractivity contribution in [2.24, 2.45) is 0 Å². The van der Waals surface area contributed by atoms with Crippen molar-refractivity contribution in [1.29, 1.82) is 0 Å². The molecule has 0 aliphatic carbocycles. The van der Waals surface area contributed by atoms with Crippen LogP contribution in [0.15, 0.2) is 49.6 Å². The molecular formula is C12H8N6. The first-order valence-electron chi connectivity index (χ1n) is 5.29. The number of hydrogen-bond acceptors (Lipinski definition) is 6. The Balaban J connectivity index is 2.18. The van der Waals surface area contributed by atoms with Gasteiger partial charge in [0.25, 0.3) is 0 Å². The van der Waals surface area contributed by atoms with Gasteiger partial charge in [0.1, 0.15) is 12.0 Å². The molecule has 0 N–H and O–H groups in total. The van der Waals surface area contributed by atoms with Gasteiger partial charge in [0.2, 0.25) is 0 Å². The second-order valence-corrected chi connectivity index (χ2v) is 3.45. The van der Waals surface area contributed by atoms with Crippen LogP contribution in [-0.2, 0) is 0 Å². The average Bonchev–Trinajstić information content (AvgIpc) is 2.49. The van der Waals surface area contributed by atoms with E-state index in [2.05, 4.69) is 29.9 Å². The first kappa shape index (κ1) is 10.4. The third kappa shape index (κ3) is 1.91. The normalized spacial score (nSPS) is 10.2. The van der Waals surface area contributed by atoms with E-state index in [0.29, 0.717) is 17.2 Å². The van der Waals surface area contributed by atoms with Crippen LogP contribution < -0.4 is 0 Å². The van der Waals surface area contributed by atoms with Gasteiger partial charge in [-0.25, -0.2) is 19.9 Å². The molecule has 0 unspecified atom stereocenters. The van der Waals surface area contributed by atoms with Gasteiger partial charge in [0.05, 0.1) is 11.9 Å². The lowest BCUT2D eigenvalue weighted by molar-refractivity contribution is 1.09. The molecule has 3 aromatic rings. The minimum Gasteiger partial charge on any atom is -0.261 e. The molecule has 0 saturated carbocycles. The predicted octanol–water partition coefficient (Wildman–Crippen LogP) is 1.39. The van der Waals surface area contributed by atoms with Crippen molar-refractivity contribution in [3.63, 3.8) is 0 Å². The summed E-state index contributed by atoms with van der Waals surface area (Å²) in [6.07, 6.45) is 11.4. The van der Waals surface area contributed by atoms with E-state index in [9.17, 15) is 0 Å². The topological polar surface area (TPSA) is 77.3 Å². The number of hydrogen-bond donors (Lipinski definition) is 0. The SMILES string of the molecule is c1cnc(-c2ncncc2-c2cnccn2)nc1. The Hall–Kier alpha value is -2.76. The van der Waals surface area contributed by atoms with Gasteiger partial charge in [-0.3, -0.25) is 9.97 Å². The van der Waals surface area contributed by atoms with Crippen LogP contribution in [0.2, 0.25) is 0 Å². The van der Waals surface area contributed by atoms with Crippen molar-refractivity contribution in [2.75, 3.05) is 0 Å². The Morgan fingerprint density at radius 1 is 0.722 bits per heavy atom. The van der Waals surface area contributed by atoms with Crippen LogP contribution in [0.5, 0.6) is 0 Å². The molecular weight excluding hydrogens is 228 g/mol. The summed E-state index contributed by atoms with van der Waals surface area (Å²) in [6, 6.07) is 1.76. The fourth-order valence-electron chi connectivity index (χ4n) is 1.55. The van der Waals surface area contributed by atoms with Crippen molar-refractivity contribution in [2.45, 2.75) is 0 Å². The quantitative estimate of drug-likeness (QED) is 0.669. The van der Waals surface area contributed by atoms with Crippen molar-refractivity contribution >= 4 is 0 Å². The van der Waals surface area contributed by atoms with E-state index in [1.165, 1.54) is 6.33 Å². The largest absolute Gasteiger partial charge is 0.261 e. The fourth-order valence-corrected chi connectivity index (χ4v) is 1.55. The van der Waals surface area contributed by atoms with Gasteiger partial charge in [-0.05, 0) is 6.07 Å². The van der Waals surface area contributed by atoms with E-state index < -0.39 is 0 Å². The lowest BCUT2D eigenvalue weighted by atomic mass is 10.1. The van der Waals surface area contributed by atoms with Crippen LogP contribution in [0.3, 0.4) is 0 Å². The van der Waals surface area contributed by atoms with E-state index >= 15 is 0 Å². The van der Waals surface area contributed by atoms with E-state index in [-0.39, 0.29) is 0 Å². The molecule has 0 spiro atoms. The molecule has 6 nitrogen and oxygen atoms in total. The summed E-state index contributed by atoms with van der Waals surface area (Å²) in [6.45, 7) is 0. The maximum absolute atomic E-state index is 4.24. The highest BCUT2D eigenvalue weighted by Crippen LogP contribution is 2.24. The zero-order chi connectivity index (χ0) is 12.2. The summed E-state index contributed by atoms with van der Waals surface area (Å²) >= 11 is 0. The standard InChI is InChI=1S/C12H8N6/c1-2-16-12(17-3-1)11-9(6-14-8-18-11)10-7-13-4-5-15-10/h1-8H. The Kier molecular flexibility index (Phi) is 2.67. The Labute approximate surface area is 103 Å². The Bertz CT molecular complexity index is 582. The zero-order valence-electron chi connectivity index (χ0n) is 9.30. The van der Waals surface area contributed by atoms with E-state index in [4.69, 9.17) is 0 Å². The lowest BCUT2D eigenvalue weighted by Crippen LogP contribution is -1.96. The summed E-state index contributed by atoms with van der Waals surface area (Å²) in [4.78, 5) is 24.9. The number of rotatable bonds is 2. The molecule has 86 valence electrons. The van der Waals surface area contributed by atoms with Gasteiger partial charge in [0.15, 0.2) is 5.82 Å². The molecule has 0 aromatic carbocycles. The van der Waals surface area contributed by atoms with Crippen LogP contribution in [0.1, 0.15) is 0 Å². The summed E-state index contributed by atoms with van der Waals surface area (Å²) in [5.41, 5.74) is 2.10. The van der Waals surface area contributed by atoms with Gasteiger partial charge >= 0.3 is 0 Å². The van der Waals surface area contributed by atoms with E-state index in [1.807, 2.05) is 0 Å². The van der Waals surface area contributed by atoms with Crippen molar-refractivity contribution in [3.05, 3.63) is 49.6 Å². The third-order valence-electron chi connectivity index (χ3n) is 2.33. The maximum Gasteiger partial charge on any atom is 0.178 e. The molecule has 0 radical (unpaired) electrons. The molecule has 18 heavy (non-hydrogen) atoms. The molecule has 3 heterocycles. The van der Waals surface area contributed by atoms with E-state index in [1.54, 1.807) is 43.2 Å². The number of aromatic nitrogens is 6. The summed E-state index contributed by atoms with van der Waals surface area (Å²) < 4.78 is 0. The predicted molar refractivity (Wildman–Crippen MR) is 64.1 cm³/mol. The van der Waals surface area contributed by atoms with Crippen molar-refractivity contribution in [3.8, 4) is 22.8 Å².